The minimum absolute atomic E-state index is 0.00205. The molecule has 5 nitrogen and oxygen atoms in total. The zero-order chi connectivity index (χ0) is 18.6. The van der Waals surface area contributed by atoms with Crippen molar-refractivity contribution in [3.8, 4) is 0 Å². The molecule has 2 atom stereocenters. The van der Waals surface area contributed by atoms with E-state index in [0.717, 1.165) is 37.3 Å². The van der Waals surface area contributed by atoms with Crippen LogP contribution in [0.4, 0.5) is 11.4 Å². The fraction of sp³-hybridized carbons (Fsp3) is 0.619. The molecule has 3 fully saturated rings. The Kier molecular flexibility index (Phi) is 3.92. The summed E-state index contributed by atoms with van der Waals surface area (Å²) in [5, 5.41) is 3.19. The van der Waals surface area contributed by atoms with Gasteiger partial charge in [0.05, 0.1) is 30.0 Å². The number of carbonyl (C=O) groups excluding carboxylic acids is 2. The first kappa shape index (κ1) is 17.5. The molecule has 26 heavy (non-hydrogen) atoms. The van der Waals surface area contributed by atoms with E-state index >= 15 is 0 Å². The van der Waals surface area contributed by atoms with Crippen LogP contribution in [0, 0.1) is 16.2 Å². The van der Waals surface area contributed by atoms with Crippen LogP contribution in [0.15, 0.2) is 24.3 Å². The summed E-state index contributed by atoms with van der Waals surface area (Å²) >= 11 is 0. The summed E-state index contributed by atoms with van der Waals surface area (Å²) in [6, 6.07) is 7.94. The molecule has 5 heteroatoms. The van der Waals surface area contributed by atoms with Crippen LogP contribution in [-0.2, 0) is 14.3 Å². The molecule has 0 aromatic heterocycles. The number of nitrogens with zero attached hydrogens (tertiary/aromatic N) is 1. The molecule has 0 unspecified atom stereocenters. The van der Waals surface area contributed by atoms with E-state index in [-0.39, 0.29) is 22.5 Å². The predicted octanol–water partition coefficient (Wildman–Crippen LogP) is 3.25. The highest BCUT2D eigenvalue weighted by Crippen LogP contribution is 2.70. The van der Waals surface area contributed by atoms with Gasteiger partial charge in [-0.25, -0.2) is 0 Å². The van der Waals surface area contributed by atoms with Crippen LogP contribution in [0.5, 0.6) is 0 Å². The third kappa shape index (κ3) is 2.19. The van der Waals surface area contributed by atoms with E-state index < -0.39 is 5.41 Å². The van der Waals surface area contributed by atoms with Crippen molar-refractivity contribution in [2.45, 2.75) is 40.0 Å². The zero-order valence-corrected chi connectivity index (χ0v) is 15.9. The topological polar surface area (TPSA) is 58.6 Å². The number of para-hydroxylation sites is 2. The Morgan fingerprint density at radius 1 is 1.12 bits per heavy atom. The molecule has 1 amide bonds. The van der Waals surface area contributed by atoms with Gasteiger partial charge in [-0.15, -0.1) is 0 Å². The van der Waals surface area contributed by atoms with E-state index in [9.17, 15) is 9.59 Å². The number of rotatable bonds is 3. The van der Waals surface area contributed by atoms with Crippen molar-refractivity contribution in [2.75, 3.05) is 36.5 Å². The number of nitrogens with one attached hydrogen (secondary N) is 1. The molecule has 4 rings (SSSR count). The average molecular weight is 356 g/mol. The van der Waals surface area contributed by atoms with Gasteiger partial charge in [-0.2, -0.15) is 0 Å². The SMILES string of the molecule is CC1(C)[C@@]2(C(=O)Nc3ccccc3N3CCOCC3)CC[C@@]1(C)C(=O)C2. The smallest absolute Gasteiger partial charge is 0.231 e. The Morgan fingerprint density at radius 3 is 2.42 bits per heavy atom. The number of amides is 1. The molecule has 1 heterocycles. The monoisotopic (exact) mass is 356 g/mol. The molecule has 0 spiro atoms. The third-order valence-corrected chi connectivity index (χ3v) is 7.64. The van der Waals surface area contributed by atoms with Crippen LogP contribution < -0.4 is 10.2 Å². The number of ketones is 1. The summed E-state index contributed by atoms with van der Waals surface area (Å²) in [5.41, 5.74) is 0.557. The lowest BCUT2D eigenvalue weighted by Crippen LogP contribution is -2.44. The number of benzene rings is 1. The third-order valence-electron chi connectivity index (χ3n) is 7.64. The van der Waals surface area contributed by atoms with Gasteiger partial charge in [-0.3, -0.25) is 9.59 Å². The Bertz CT molecular complexity index is 753. The zero-order valence-electron chi connectivity index (χ0n) is 15.9. The second-order valence-corrected chi connectivity index (χ2v) is 8.71. The van der Waals surface area contributed by atoms with Crippen LogP contribution in [-0.4, -0.2) is 38.0 Å². The van der Waals surface area contributed by atoms with E-state index in [1.165, 1.54) is 0 Å². The van der Waals surface area contributed by atoms with E-state index in [1.54, 1.807) is 0 Å². The lowest BCUT2D eigenvalue weighted by molar-refractivity contribution is -0.131. The average Bonchev–Trinajstić information content (AvgIpc) is 2.93. The number of carbonyl (C=O) groups is 2. The van der Waals surface area contributed by atoms with Gasteiger partial charge in [0.15, 0.2) is 0 Å². The van der Waals surface area contributed by atoms with Crippen molar-refractivity contribution in [3.05, 3.63) is 24.3 Å². The van der Waals surface area contributed by atoms with Crippen LogP contribution in [0.2, 0.25) is 0 Å². The first-order chi connectivity index (χ1) is 12.3. The highest BCUT2D eigenvalue weighted by atomic mass is 16.5. The van der Waals surface area contributed by atoms with Gasteiger partial charge in [0, 0.05) is 24.9 Å². The highest BCUT2D eigenvalue weighted by Gasteiger charge is 2.72. The van der Waals surface area contributed by atoms with Gasteiger partial charge in [0.25, 0.3) is 0 Å². The summed E-state index contributed by atoms with van der Waals surface area (Å²) < 4.78 is 5.45. The summed E-state index contributed by atoms with van der Waals surface area (Å²) in [6.07, 6.45) is 1.95. The molecule has 2 aliphatic carbocycles. The van der Waals surface area contributed by atoms with Crippen LogP contribution in [0.25, 0.3) is 0 Å². The summed E-state index contributed by atoms with van der Waals surface area (Å²) in [5.74, 6) is 0.239. The fourth-order valence-corrected chi connectivity index (χ4v) is 5.26. The number of hydrogen-bond donors (Lipinski definition) is 1. The normalized spacial score (nSPS) is 32.7. The van der Waals surface area contributed by atoms with Crippen molar-refractivity contribution >= 4 is 23.1 Å². The molecule has 2 bridgehead atoms. The van der Waals surface area contributed by atoms with Crippen LogP contribution in [0.1, 0.15) is 40.0 Å². The molecule has 3 aliphatic rings. The molecule has 0 radical (unpaired) electrons. The second kappa shape index (κ2) is 5.81. The van der Waals surface area contributed by atoms with Crippen molar-refractivity contribution in [1.29, 1.82) is 0 Å². The largest absolute Gasteiger partial charge is 0.378 e. The number of Topliss-reactive ketones (excluding diaryl/α,β-unsaturated/α-hetero) is 1. The van der Waals surface area contributed by atoms with Crippen molar-refractivity contribution in [3.63, 3.8) is 0 Å². The predicted molar refractivity (Wildman–Crippen MR) is 101 cm³/mol. The number of ether oxygens (including phenoxy) is 1. The van der Waals surface area contributed by atoms with Gasteiger partial charge in [-0.1, -0.05) is 32.9 Å². The highest BCUT2D eigenvalue weighted by molar-refractivity contribution is 6.05. The summed E-state index contributed by atoms with van der Waals surface area (Å²) in [4.78, 5) is 28.3. The van der Waals surface area contributed by atoms with Crippen LogP contribution in [0.3, 0.4) is 0 Å². The summed E-state index contributed by atoms with van der Waals surface area (Å²) in [7, 11) is 0. The van der Waals surface area contributed by atoms with Crippen molar-refractivity contribution < 1.29 is 14.3 Å². The minimum atomic E-state index is -0.600. The number of morpholine rings is 1. The van der Waals surface area contributed by atoms with Gasteiger partial charge < -0.3 is 15.0 Å². The first-order valence-electron chi connectivity index (χ1n) is 9.58. The maximum Gasteiger partial charge on any atom is 0.231 e. The minimum Gasteiger partial charge on any atom is -0.378 e. The number of hydrogen-bond acceptors (Lipinski definition) is 4. The van der Waals surface area contributed by atoms with Gasteiger partial charge in [-0.05, 0) is 30.4 Å². The lowest BCUT2D eigenvalue weighted by atomic mass is 9.64. The van der Waals surface area contributed by atoms with Crippen molar-refractivity contribution in [2.24, 2.45) is 16.2 Å². The van der Waals surface area contributed by atoms with E-state index in [4.69, 9.17) is 4.74 Å². The van der Waals surface area contributed by atoms with Crippen molar-refractivity contribution in [1.82, 2.24) is 0 Å². The van der Waals surface area contributed by atoms with Crippen LogP contribution >= 0.6 is 0 Å². The Labute approximate surface area is 155 Å². The quantitative estimate of drug-likeness (QED) is 0.903. The van der Waals surface area contributed by atoms with Gasteiger partial charge >= 0.3 is 0 Å². The van der Waals surface area contributed by atoms with Gasteiger partial charge in [0.2, 0.25) is 5.91 Å². The Hall–Kier alpha value is -1.88. The fourth-order valence-electron chi connectivity index (χ4n) is 5.26. The molecule has 1 aromatic rings. The van der Waals surface area contributed by atoms with E-state index in [0.29, 0.717) is 19.6 Å². The molecule has 1 aromatic carbocycles. The standard InChI is InChI=1S/C21H28N2O3/c1-19(2)20(3)8-9-21(19,14-17(20)24)18(25)22-15-6-4-5-7-16(15)23-10-12-26-13-11-23/h4-7H,8-14H2,1-3H3,(H,22,25)/t20-,21-/m0/s1. The maximum atomic E-state index is 13.4. The molecule has 2 saturated carbocycles. The van der Waals surface area contributed by atoms with Gasteiger partial charge in [0.1, 0.15) is 5.78 Å². The Balaban J connectivity index is 1.63. The maximum absolute atomic E-state index is 13.4. The molecule has 1 N–H and O–H groups in total. The molecular formula is C21H28N2O3. The number of anilines is 2. The van der Waals surface area contributed by atoms with E-state index in [2.05, 4.69) is 24.1 Å². The molecule has 140 valence electrons. The number of fused-ring (bicyclic) bond motifs is 2. The lowest BCUT2D eigenvalue weighted by Gasteiger charge is -2.39. The van der Waals surface area contributed by atoms with E-state index in [1.807, 2.05) is 31.2 Å². The molecule has 1 aliphatic heterocycles. The Morgan fingerprint density at radius 2 is 1.81 bits per heavy atom. The second-order valence-electron chi connectivity index (χ2n) is 8.71. The first-order valence-corrected chi connectivity index (χ1v) is 9.58. The molecule has 1 saturated heterocycles. The summed E-state index contributed by atoms with van der Waals surface area (Å²) in [6.45, 7) is 9.27. The molecular weight excluding hydrogens is 328 g/mol.